The highest BCUT2D eigenvalue weighted by molar-refractivity contribution is 6.34. The van der Waals surface area contributed by atoms with E-state index < -0.39 is 0 Å². The van der Waals surface area contributed by atoms with Crippen molar-refractivity contribution in [2.24, 2.45) is 5.92 Å². The molecule has 0 unspecified atom stereocenters. The number of nitrogens with one attached hydrogen (secondary N) is 1. The zero-order valence-electron chi connectivity index (χ0n) is 13.6. The highest BCUT2D eigenvalue weighted by Crippen LogP contribution is 2.30. The Labute approximate surface area is 140 Å². The first-order chi connectivity index (χ1) is 11.5. The van der Waals surface area contributed by atoms with Crippen LogP contribution in [0.2, 0.25) is 0 Å². The maximum Gasteiger partial charge on any atom is 0.266 e. The maximum atomic E-state index is 12.6. The second-order valence-electron chi connectivity index (χ2n) is 6.19. The van der Waals surface area contributed by atoms with E-state index in [4.69, 9.17) is 0 Å². The highest BCUT2D eigenvalue weighted by Gasteiger charge is 2.36. The van der Waals surface area contributed by atoms with Crippen LogP contribution < -0.4 is 10.2 Å². The van der Waals surface area contributed by atoms with E-state index in [9.17, 15) is 14.4 Å². The molecule has 0 bridgehead atoms. The van der Waals surface area contributed by atoms with Crippen LogP contribution in [-0.2, 0) is 4.79 Å². The van der Waals surface area contributed by atoms with Gasteiger partial charge in [-0.05, 0) is 36.2 Å². The van der Waals surface area contributed by atoms with Crippen LogP contribution in [0.15, 0.2) is 48.5 Å². The monoisotopic (exact) mass is 322 g/mol. The predicted octanol–water partition coefficient (Wildman–Crippen LogP) is 3.47. The van der Waals surface area contributed by atoms with E-state index in [-0.39, 0.29) is 23.6 Å². The molecule has 5 heteroatoms. The van der Waals surface area contributed by atoms with Gasteiger partial charge in [-0.2, -0.15) is 0 Å². The summed E-state index contributed by atoms with van der Waals surface area (Å²) in [7, 11) is 0. The normalized spacial score (nSPS) is 13.4. The number of nitrogens with zero attached hydrogens (tertiary/aromatic N) is 1. The van der Waals surface area contributed by atoms with Crippen LogP contribution in [0.5, 0.6) is 0 Å². The zero-order valence-corrected chi connectivity index (χ0v) is 13.6. The summed E-state index contributed by atoms with van der Waals surface area (Å²) in [6.07, 6.45) is 0.403. The Kier molecular flexibility index (Phi) is 4.16. The van der Waals surface area contributed by atoms with Crippen molar-refractivity contribution in [2.45, 2.75) is 20.3 Å². The second-order valence-corrected chi connectivity index (χ2v) is 6.19. The fraction of sp³-hybridized carbons (Fsp3) is 0.211. The Bertz CT molecular complexity index is 813. The number of fused-ring (bicyclic) bond motifs is 1. The van der Waals surface area contributed by atoms with Gasteiger partial charge in [0, 0.05) is 12.1 Å². The lowest BCUT2D eigenvalue weighted by atomic mass is 10.1. The van der Waals surface area contributed by atoms with Crippen molar-refractivity contribution in [3.8, 4) is 0 Å². The van der Waals surface area contributed by atoms with E-state index in [1.54, 1.807) is 42.5 Å². The SMILES string of the molecule is CC(C)CC(=O)Nc1ccc2c(c1)C(=O)N(c1ccccc1)C2=O. The van der Waals surface area contributed by atoms with E-state index in [0.29, 0.717) is 28.9 Å². The maximum absolute atomic E-state index is 12.6. The van der Waals surface area contributed by atoms with Gasteiger partial charge in [-0.15, -0.1) is 0 Å². The minimum absolute atomic E-state index is 0.110. The smallest absolute Gasteiger partial charge is 0.266 e. The molecule has 1 aliphatic rings. The van der Waals surface area contributed by atoms with Gasteiger partial charge < -0.3 is 5.32 Å². The summed E-state index contributed by atoms with van der Waals surface area (Å²) in [5, 5.41) is 2.77. The zero-order chi connectivity index (χ0) is 17.3. The first-order valence-corrected chi connectivity index (χ1v) is 7.85. The molecule has 0 fully saturated rings. The number of carbonyl (C=O) groups excluding carboxylic acids is 3. The molecular weight excluding hydrogens is 304 g/mol. The molecule has 0 aliphatic carbocycles. The number of hydrogen-bond donors (Lipinski definition) is 1. The van der Waals surface area contributed by atoms with Crippen LogP contribution in [0.3, 0.4) is 0 Å². The molecule has 122 valence electrons. The molecule has 0 atom stereocenters. The minimum Gasteiger partial charge on any atom is -0.326 e. The van der Waals surface area contributed by atoms with Crippen LogP contribution in [0, 0.1) is 5.92 Å². The number of rotatable bonds is 4. The molecule has 0 saturated carbocycles. The van der Waals surface area contributed by atoms with Crippen molar-refractivity contribution < 1.29 is 14.4 Å². The fourth-order valence-electron chi connectivity index (χ4n) is 2.71. The third-order valence-corrected chi connectivity index (χ3v) is 3.78. The molecule has 0 saturated heterocycles. The van der Waals surface area contributed by atoms with E-state index in [0.717, 1.165) is 4.90 Å². The number of carbonyl (C=O) groups is 3. The molecule has 5 nitrogen and oxygen atoms in total. The Morgan fingerprint density at radius 1 is 1.00 bits per heavy atom. The van der Waals surface area contributed by atoms with Crippen molar-refractivity contribution >= 4 is 29.1 Å². The highest BCUT2D eigenvalue weighted by atomic mass is 16.2. The first-order valence-electron chi connectivity index (χ1n) is 7.85. The third-order valence-electron chi connectivity index (χ3n) is 3.78. The number of benzene rings is 2. The Morgan fingerprint density at radius 2 is 1.67 bits per heavy atom. The van der Waals surface area contributed by atoms with E-state index in [1.165, 1.54) is 0 Å². The van der Waals surface area contributed by atoms with E-state index in [1.807, 2.05) is 19.9 Å². The average molecular weight is 322 g/mol. The molecule has 24 heavy (non-hydrogen) atoms. The van der Waals surface area contributed by atoms with Crippen molar-refractivity contribution in [1.29, 1.82) is 0 Å². The summed E-state index contributed by atoms with van der Waals surface area (Å²) in [5.41, 5.74) is 1.72. The van der Waals surface area contributed by atoms with Crippen LogP contribution in [0.1, 0.15) is 41.0 Å². The first kappa shape index (κ1) is 15.9. The van der Waals surface area contributed by atoms with Gasteiger partial charge in [0.1, 0.15) is 0 Å². The lowest BCUT2D eigenvalue weighted by Crippen LogP contribution is -2.29. The van der Waals surface area contributed by atoms with Gasteiger partial charge in [-0.1, -0.05) is 32.0 Å². The number of para-hydroxylation sites is 1. The van der Waals surface area contributed by atoms with E-state index >= 15 is 0 Å². The van der Waals surface area contributed by atoms with Gasteiger partial charge in [0.2, 0.25) is 5.91 Å². The van der Waals surface area contributed by atoms with Gasteiger partial charge in [0.05, 0.1) is 16.8 Å². The van der Waals surface area contributed by atoms with Crippen LogP contribution in [0.25, 0.3) is 0 Å². The van der Waals surface area contributed by atoms with Crippen molar-refractivity contribution in [3.63, 3.8) is 0 Å². The summed E-state index contributed by atoms with van der Waals surface area (Å²) in [6.45, 7) is 3.92. The molecule has 2 aromatic rings. The molecule has 0 spiro atoms. The molecule has 0 radical (unpaired) electrons. The van der Waals surface area contributed by atoms with Crippen LogP contribution in [0.4, 0.5) is 11.4 Å². The molecule has 1 N–H and O–H groups in total. The Hall–Kier alpha value is -2.95. The number of hydrogen-bond acceptors (Lipinski definition) is 3. The van der Waals surface area contributed by atoms with Gasteiger partial charge >= 0.3 is 0 Å². The number of imide groups is 1. The van der Waals surface area contributed by atoms with Crippen molar-refractivity contribution in [3.05, 3.63) is 59.7 Å². The van der Waals surface area contributed by atoms with Gasteiger partial charge in [0.25, 0.3) is 11.8 Å². The molecule has 1 aliphatic heterocycles. The quantitative estimate of drug-likeness (QED) is 0.877. The Balaban J connectivity index is 1.88. The second kappa shape index (κ2) is 6.28. The lowest BCUT2D eigenvalue weighted by molar-refractivity contribution is -0.116. The van der Waals surface area contributed by atoms with Gasteiger partial charge in [-0.25, -0.2) is 4.90 Å². The van der Waals surface area contributed by atoms with E-state index in [2.05, 4.69) is 5.32 Å². The van der Waals surface area contributed by atoms with Crippen LogP contribution >= 0.6 is 0 Å². The molecule has 0 aromatic heterocycles. The van der Waals surface area contributed by atoms with Crippen LogP contribution in [-0.4, -0.2) is 17.7 Å². The van der Waals surface area contributed by atoms with Gasteiger partial charge in [0.15, 0.2) is 0 Å². The number of amides is 3. The summed E-state index contributed by atoms with van der Waals surface area (Å²) in [4.78, 5) is 38.2. The summed E-state index contributed by atoms with van der Waals surface area (Å²) >= 11 is 0. The standard InChI is InChI=1S/C19H18N2O3/c1-12(2)10-17(22)20-13-8-9-15-16(11-13)19(24)21(18(15)23)14-6-4-3-5-7-14/h3-9,11-12H,10H2,1-2H3,(H,20,22). The third kappa shape index (κ3) is 2.93. The van der Waals surface area contributed by atoms with Gasteiger partial charge in [-0.3, -0.25) is 14.4 Å². The molecule has 2 aromatic carbocycles. The summed E-state index contributed by atoms with van der Waals surface area (Å²) < 4.78 is 0. The molecular formula is C19H18N2O3. The molecule has 3 amide bonds. The average Bonchev–Trinajstić information content (AvgIpc) is 2.78. The topological polar surface area (TPSA) is 66.5 Å². The summed E-state index contributed by atoms with van der Waals surface area (Å²) in [6, 6.07) is 13.6. The number of anilines is 2. The summed E-state index contributed by atoms with van der Waals surface area (Å²) in [5.74, 6) is -0.583. The lowest BCUT2D eigenvalue weighted by Gasteiger charge is -2.13. The predicted molar refractivity (Wildman–Crippen MR) is 92.1 cm³/mol. The van der Waals surface area contributed by atoms with Crippen molar-refractivity contribution in [2.75, 3.05) is 10.2 Å². The molecule has 1 heterocycles. The minimum atomic E-state index is -0.374. The van der Waals surface area contributed by atoms with Crippen molar-refractivity contribution in [1.82, 2.24) is 0 Å². The fourth-order valence-corrected chi connectivity index (χ4v) is 2.71. The Morgan fingerprint density at radius 3 is 2.33 bits per heavy atom. The largest absolute Gasteiger partial charge is 0.326 e. The molecule has 3 rings (SSSR count).